The second-order valence-electron chi connectivity index (χ2n) is 5.00. The number of carbonyl (C=O) groups excluding carboxylic acids is 1. The Balaban J connectivity index is 2.59. The van der Waals surface area contributed by atoms with Crippen molar-refractivity contribution in [3.8, 4) is 0 Å². The van der Waals surface area contributed by atoms with E-state index in [0.29, 0.717) is 13.1 Å². The Hall–Kier alpha value is -1.69. The first-order valence-electron chi connectivity index (χ1n) is 5.85. The first-order chi connectivity index (χ1) is 8.76. The summed E-state index contributed by atoms with van der Waals surface area (Å²) in [6, 6.07) is 1.41. The number of anilines is 3. The van der Waals surface area contributed by atoms with Crippen molar-refractivity contribution in [1.29, 1.82) is 0 Å². The molecule has 0 spiro atoms. The van der Waals surface area contributed by atoms with Crippen LogP contribution in [0.3, 0.4) is 0 Å². The molecule has 0 unspecified atom stereocenters. The molecular formula is C12H16ClFN4O. The summed E-state index contributed by atoms with van der Waals surface area (Å²) in [6.07, 6.45) is 0. The average molecular weight is 287 g/mol. The molecule has 1 aliphatic rings. The predicted octanol–water partition coefficient (Wildman–Crippen LogP) is 1.36. The number of carbonyl (C=O) groups is 1. The Kier molecular flexibility index (Phi) is 3.22. The first-order valence-corrected chi connectivity index (χ1v) is 6.23. The smallest absolute Gasteiger partial charge is 0.245 e. The molecule has 1 aromatic rings. The molecule has 5 nitrogen and oxygen atoms in total. The van der Waals surface area contributed by atoms with Crippen LogP contribution in [0.1, 0.15) is 13.8 Å². The summed E-state index contributed by atoms with van der Waals surface area (Å²) >= 11 is 5.82. The molecular weight excluding hydrogens is 271 g/mol. The molecule has 0 aromatic heterocycles. The minimum atomic E-state index is -0.910. The van der Waals surface area contributed by atoms with Crippen LogP contribution in [-0.2, 0) is 4.79 Å². The fourth-order valence-corrected chi connectivity index (χ4v) is 2.37. The molecule has 1 aliphatic heterocycles. The molecule has 0 bridgehead atoms. The average Bonchev–Trinajstić information content (AvgIpc) is 2.32. The quantitative estimate of drug-likeness (QED) is 0.681. The van der Waals surface area contributed by atoms with Gasteiger partial charge in [0.1, 0.15) is 10.6 Å². The van der Waals surface area contributed by atoms with Gasteiger partial charge in [-0.05, 0) is 19.9 Å². The van der Waals surface area contributed by atoms with E-state index in [1.165, 1.54) is 6.07 Å². The number of nitrogens with zero attached hydrogens (tertiary/aromatic N) is 1. The monoisotopic (exact) mass is 286 g/mol. The Bertz CT molecular complexity index is 547. The standard InChI is InChI=1S/C12H16ClFN4O/c1-12(2)11(19)17-3-4-18(12)10-7(16)5-6(15)8(13)9(10)14/h5H,3-4,15-16H2,1-2H3,(H,17,19). The summed E-state index contributed by atoms with van der Waals surface area (Å²) in [4.78, 5) is 13.5. The Labute approximate surface area is 115 Å². The fourth-order valence-electron chi connectivity index (χ4n) is 2.22. The highest BCUT2D eigenvalue weighted by molar-refractivity contribution is 6.33. The third kappa shape index (κ3) is 2.06. The van der Waals surface area contributed by atoms with Crippen molar-refractivity contribution in [3.05, 3.63) is 16.9 Å². The van der Waals surface area contributed by atoms with Gasteiger partial charge >= 0.3 is 0 Å². The third-order valence-corrected chi connectivity index (χ3v) is 3.74. The van der Waals surface area contributed by atoms with Gasteiger partial charge in [0.05, 0.1) is 17.1 Å². The molecule has 0 radical (unpaired) electrons. The van der Waals surface area contributed by atoms with Crippen LogP contribution in [0.15, 0.2) is 6.07 Å². The van der Waals surface area contributed by atoms with Crippen LogP contribution in [0.4, 0.5) is 21.5 Å². The summed E-state index contributed by atoms with van der Waals surface area (Å²) in [5.41, 5.74) is 10.9. The lowest BCUT2D eigenvalue weighted by atomic mass is 9.97. The van der Waals surface area contributed by atoms with E-state index in [1.54, 1.807) is 18.7 Å². The van der Waals surface area contributed by atoms with Gasteiger partial charge in [0.25, 0.3) is 0 Å². The van der Waals surface area contributed by atoms with Gasteiger partial charge in [-0.2, -0.15) is 0 Å². The maximum Gasteiger partial charge on any atom is 0.245 e. The molecule has 0 saturated carbocycles. The number of benzene rings is 1. The van der Waals surface area contributed by atoms with Gasteiger partial charge in [0.15, 0.2) is 5.82 Å². The number of hydrogen-bond donors (Lipinski definition) is 3. The number of halogens is 2. The third-order valence-electron chi connectivity index (χ3n) is 3.36. The summed E-state index contributed by atoms with van der Waals surface area (Å²) in [5.74, 6) is -0.882. The van der Waals surface area contributed by atoms with Gasteiger partial charge in [-0.3, -0.25) is 4.79 Å². The van der Waals surface area contributed by atoms with Crippen LogP contribution in [0.25, 0.3) is 0 Å². The zero-order chi connectivity index (χ0) is 14.4. The van der Waals surface area contributed by atoms with Crippen molar-refractivity contribution in [3.63, 3.8) is 0 Å². The van der Waals surface area contributed by atoms with Crippen LogP contribution < -0.4 is 21.7 Å². The summed E-state index contributed by atoms with van der Waals surface area (Å²) in [7, 11) is 0. The Morgan fingerprint density at radius 2 is 2.05 bits per heavy atom. The molecule has 7 heteroatoms. The molecule has 0 aliphatic carbocycles. The van der Waals surface area contributed by atoms with Crippen LogP contribution in [0, 0.1) is 5.82 Å². The first kappa shape index (κ1) is 13.7. The Morgan fingerprint density at radius 3 is 2.68 bits per heavy atom. The lowest BCUT2D eigenvalue weighted by Gasteiger charge is -2.43. The molecule has 5 N–H and O–H groups in total. The number of nitrogens with two attached hydrogens (primary N) is 2. The maximum absolute atomic E-state index is 14.3. The zero-order valence-corrected chi connectivity index (χ0v) is 11.5. The van der Waals surface area contributed by atoms with Gasteiger partial charge in [-0.15, -0.1) is 0 Å². The molecule has 1 aromatic carbocycles. The van der Waals surface area contributed by atoms with Gasteiger partial charge in [-0.25, -0.2) is 4.39 Å². The molecule has 0 atom stereocenters. The minimum Gasteiger partial charge on any atom is -0.397 e. The fraction of sp³-hybridized carbons (Fsp3) is 0.417. The van der Waals surface area contributed by atoms with Gasteiger partial charge in [0, 0.05) is 13.1 Å². The van der Waals surface area contributed by atoms with E-state index in [1.807, 2.05) is 0 Å². The van der Waals surface area contributed by atoms with E-state index < -0.39 is 11.4 Å². The number of amides is 1. The number of hydrogen-bond acceptors (Lipinski definition) is 4. The van der Waals surface area contributed by atoms with E-state index in [-0.39, 0.29) is 28.0 Å². The van der Waals surface area contributed by atoms with Gasteiger partial charge in [0.2, 0.25) is 5.91 Å². The molecule has 1 heterocycles. The van der Waals surface area contributed by atoms with Gasteiger partial charge in [-0.1, -0.05) is 11.6 Å². The van der Waals surface area contributed by atoms with E-state index in [4.69, 9.17) is 23.1 Å². The largest absolute Gasteiger partial charge is 0.397 e. The van der Waals surface area contributed by atoms with Crippen molar-refractivity contribution < 1.29 is 9.18 Å². The lowest BCUT2D eigenvalue weighted by Crippen LogP contribution is -2.62. The van der Waals surface area contributed by atoms with E-state index in [0.717, 1.165) is 0 Å². The molecule has 19 heavy (non-hydrogen) atoms. The van der Waals surface area contributed by atoms with Crippen LogP contribution in [0.2, 0.25) is 5.02 Å². The molecule has 1 fully saturated rings. The van der Waals surface area contributed by atoms with Crippen LogP contribution >= 0.6 is 11.6 Å². The highest BCUT2D eigenvalue weighted by Gasteiger charge is 2.40. The summed E-state index contributed by atoms with van der Waals surface area (Å²) < 4.78 is 14.3. The number of nitrogen functional groups attached to an aromatic ring is 2. The topological polar surface area (TPSA) is 84.4 Å². The van der Waals surface area contributed by atoms with Crippen molar-refractivity contribution in [1.82, 2.24) is 5.32 Å². The van der Waals surface area contributed by atoms with Crippen molar-refractivity contribution in [2.75, 3.05) is 29.5 Å². The van der Waals surface area contributed by atoms with Gasteiger partial charge < -0.3 is 21.7 Å². The second-order valence-corrected chi connectivity index (χ2v) is 5.38. The van der Waals surface area contributed by atoms with Crippen LogP contribution in [0.5, 0.6) is 0 Å². The van der Waals surface area contributed by atoms with Crippen molar-refractivity contribution in [2.45, 2.75) is 19.4 Å². The summed E-state index contributed by atoms with van der Waals surface area (Å²) in [5, 5.41) is 2.56. The predicted molar refractivity (Wildman–Crippen MR) is 74.7 cm³/mol. The summed E-state index contributed by atoms with van der Waals surface area (Å²) in [6.45, 7) is 4.26. The maximum atomic E-state index is 14.3. The SMILES string of the molecule is CC1(C)C(=O)NCCN1c1c(N)cc(N)c(Cl)c1F. The number of rotatable bonds is 1. The van der Waals surface area contributed by atoms with E-state index in [9.17, 15) is 9.18 Å². The minimum absolute atomic E-state index is 0.0830. The van der Waals surface area contributed by atoms with Crippen molar-refractivity contribution in [2.24, 2.45) is 0 Å². The Morgan fingerprint density at radius 1 is 1.42 bits per heavy atom. The highest BCUT2D eigenvalue weighted by Crippen LogP contribution is 2.39. The second kappa shape index (κ2) is 4.45. The molecule has 104 valence electrons. The lowest BCUT2D eigenvalue weighted by molar-refractivity contribution is -0.126. The molecule has 1 amide bonds. The zero-order valence-electron chi connectivity index (χ0n) is 10.8. The normalized spacial score (nSPS) is 18.3. The van der Waals surface area contributed by atoms with E-state index in [2.05, 4.69) is 5.32 Å². The highest BCUT2D eigenvalue weighted by atomic mass is 35.5. The number of nitrogens with one attached hydrogen (secondary N) is 1. The number of piperazine rings is 1. The molecule has 1 saturated heterocycles. The van der Waals surface area contributed by atoms with Crippen LogP contribution in [-0.4, -0.2) is 24.5 Å². The van der Waals surface area contributed by atoms with Crippen molar-refractivity contribution >= 4 is 34.6 Å². The molecule has 2 rings (SSSR count). The van der Waals surface area contributed by atoms with E-state index >= 15 is 0 Å².